The second-order valence-corrected chi connectivity index (χ2v) is 6.46. The Labute approximate surface area is 130 Å². The largest absolute Gasteiger partial charge is 0.497 e. The summed E-state index contributed by atoms with van der Waals surface area (Å²) in [6.45, 7) is 2.23. The van der Waals surface area contributed by atoms with Crippen LogP contribution in [0.5, 0.6) is 5.75 Å². The quantitative estimate of drug-likeness (QED) is 0.907. The summed E-state index contributed by atoms with van der Waals surface area (Å²) in [5.41, 5.74) is 4.22. The molecular formula is C18H21NOS. The van der Waals surface area contributed by atoms with Gasteiger partial charge in [-0.15, -0.1) is 0 Å². The summed E-state index contributed by atoms with van der Waals surface area (Å²) < 4.78 is 5.22. The zero-order chi connectivity index (χ0) is 14.7. The molecule has 1 aliphatic heterocycles. The molecule has 110 valence electrons. The van der Waals surface area contributed by atoms with E-state index in [1.807, 2.05) is 23.9 Å². The fourth-order valence-electron chi connectivity index (χ4n) is 2.81. The predicted molar refractivity (Wildman–Crippen MR) is 89.9 cm³/mol. The fraction of sp³-hybridized carbons (Fsp3) is 0.333. The van der Waals surface area contributed by atoms with Gasteiger partial charge in [0.25, 0.3) is 0 Å². The van der Waals surface area contributed by atoms with Crippen LogP contribution in [0.15, 0.2) is 48.5 Å². The lowest BCUT2D eigenvalue weighted by atomic mass is 10.00. The highest BCUT2D eigenvalue weighted by Crippen LogP contribution is 2.33. The first-order valence-corrected chi connectivity index (χ1v) is 8.49. The van der Waals surface area contributed by atoms with Gasteiger partial charge in [-0.25, -0.2) is 0 Å². The van der Waals surface area contributed by atoms with E-state index in [4.69, 9.17) is 4.74 Å². The number of methoxy groups -OCH3 is 1. The minimum Gasteiger partial charge on any atom is -0.497 e. The van der Waals surface area contributed by atoms with E-state index >= 15 is 0 Å². The van der Waals surface area contributed by atoms with Crippen LogP contribution in [0.3, 0.4) is 0 Å². The van der Waals surface area contributed by atoms with Gasteiger partial charge in [-0.3, -0.25) is 0 Å². The molecule has 21 heavy (non-hydrogen) atoms. The molecule has 2 atom stereocenters. The highest BCUT2D eigenvalue weighted by molar-refractivity contribution is 7.98. The number of fused-ring (bicyclic) bond motifs is 1. The van der Waals surface area contributed by atoms with Gasteiger partial charge in [-0.2, -0.15) is 11.8 Å². The van der Waals surface area contributed by atoms with E-state index in [1.54, 1.807) is 7.11 Å². The van der Waals surface area contributed by atoms with Crippen LogP contribution in [-0.2, 0) is 5.75 Å². The first-order chi connectivity index (χ1) is 10.3. The van der Waals surface area contributed by atoms with Gasteiger partial charge in [0.2, 0.25) is 0 Å². The SMILES string of the molecule is COc1ccc([C@H](C)NC2CSCc3ccccc32)cc1. The predicted octanol–water partition coefficient (Wildman–Crippen LogP) is 4.33. The van der Waals surface area contributed by atoms with Gasteiger partial charge in [0.15, 0.2) is 0 Å². The van der Waals surface area contributed by atoms with Crippen molar-refractivity contribution in [3.8, 4) is 5.75 Å². The average molecular weight is 299 g/mol. The van der Waals surface area contributed by atoms with Gasteiger partial charge in [0.05, 0.1) is 7.11 Å². The summed E-state index contributed by atoms with van der Waals surface area (Å²) in [5, 5.41) is 3.77. The van der Waals surface area contributed by atoms with E-state index in [0.717, 1.165) is 17.3 Å². The maximum Gasteiger partial charge on any atom is 0.118 e. The maximum absolute atomic E-state index is 5.22. The summed E-state index contributed by atoms with van der Waals surface area (Å²) in [5.74, 6) is 3.17. The van der Waals surface area contributed by atoms with E-state index in [9.17, 15) is 0 Å². The monoisotopic (exact) mass is 299 g/mol. The molecule has 2 aromatic rings. The van der Waals surface area contributed by atoms with E-state index < -0.39 is 0 Å². The highest BCUT2D eigenvalue weighted by atomic mass is 32.2. The molecule has 1 N–H and O–H groups in total. The summed E-state index contributed by atoms with van der Waals surface area (Å²) in [4.78, 5) is 0. The summed E-state index contributed by atoms with van der Waals surface area (Å²) in [7, 11) is 1.70. The van der Waals surface area contributed by atoms with Crippen molar-refractivity contribution >= 4 is 11.8 Å². The zero-order valence-electron chi connectivity index (χ0n) is 12.5. The van der Waals surface area contributed by atoms with Crippen molar-refractivity contribution in [3.05, 3.63) is 65.2 Å². The maximum atomic E-state index is 5.22. The number of ether oxygens (including phenoxy) is 1. The molecule has 3 rings (SSSR count). The van der Waals surface area contributed by atoms with Crippen LogP contribution >= 0.6 is 11.8 Å². The molecule has 0 amide bonds. The summed E-state index contributed by atoms with van der Waals surface area (Å²) in [6.07, 6.45) is 0. The summed E-state index contributed by atoms with van der Waals surface area (Å²) in [6, 6.07) is 17.9. The molecule has 1 aliphatic rings. The van der Waals surface area contributed by atoms with Gasteiger partial charge in [0.1, 0.15) is 5.75 Å². The third-order valence-electron chi connectivity index (χ3n) is 4.04. The molecular weight excluding hydrogens is 278 g/mol. The third-order valence-corrected chi connectivity index (χ3v) is 5.12. The first-order valence-electron chi connectivity index (χ1n) is 7.33. The number of hydrogen-bond donors (Lipinski definition) is 1. The zero-order valence-corrected chi connectivity index (χ0v) is 13.3. The molecule has 3 heteroatoms. The normalized spacial score (nSPS) is 18.9. The van der Waals surface area contributed by atoms with E-state index in [2.05, 4.69) is 48.6 Å². The molecule has 0 aromatic heterocycles. The smallest absolute Gasteiger partial charge is 0.118 e. The Morgan fingerprint density at radius 2 is 1.90 bits per heavy atom. The highest BCUT2D eigenvalue weighted by Gasteiger charge is 2.21. The fourth-order valence-corrected chi connectivity index (χ4v) is 3.92. The molecule has 2 aromatic carbocycles. The first kappa shape index (κ1) is 14.5. The van der Waals surface area contributed by atoms with Crippen LogP contribution in [0.25, 0.3) is 0 Å². The molecule has 1 unspecified atom stereocenters. The number of thioether (sulfide) groups is 1. The van der Waals surface area contributed by atoms with Crippen LogP contribution in [-0.4, -0.2) is 12.9 Å². The number of hydrogen-bond acceptors (Lipinski definition) is 3. The van der Waals surface area contributed by atoms with Gasteiger partial charge in [-0.1, -0.05) is 36.4 Å². The Hall–Kier alpha value is -1.45. The minimum absolute atomic E-state index is 0.327. The molecule has 0 radical (unpaired) electrons. The lowest BCUT2D eigenvalue weighted by Crippen LogP contribution is -2.29. The Morgan fingerprint density at radius 3 is 2.67 bits per heavy atom. The van der Waals surface area contributed by atoms with Crippen molar-refractivity contribution in [2.45, 2.75) is 24.8 Å². The van der Waals surface area contributed by atoms with Crippen LogP contribution in [0.1, 0.15) is 35.7 Å². The van der Waals surface area contributed by atoms with Crippen molar-refractivity contribution in [2.24, 2.45) is 0 Å². The standard InChI is InChI=1S/C18H21NOS/c1-13(14-7-9-16(20-2)10-8-14)19-18-12-21-11-15-5-3-4-6-17(15)18/h3-10,13,18-19H,11-12H2,1-2H3/t13-,18?/m0/s1. The lowest BCUT2D eigenvalue weighted by molar-refractivity contribution is 0.414. The van der Waals surface area contributed by atoms with Gasteiger partial charge < -0.3 is 10.1 Å². The van der Waals surface area contributed by atoms with Crippen LogP contribution in [0.2, 0.25) is 0 Å². The van der Waals surface area contributed by atoms with Gasteiger partial charge in [0, 0.05) is 23.6 Å². The third kappa shape index (κ3) is 3.25. The van der Waals surface area contributed by atoms with Crippen LogP contribution in [0.4, 0.5) is 0 Å². The topological polar surface area (TPSA) is 21.3 Å². The number of nitrogens with one attached hydrogen (secondary N) is 1. The van der Waals surface area contributed by atoms with Crippen molar-refractivity contribution < 1.29 is 4.74 Å². The van der Waals surface area contributed by atoms with Crippen LogP contribution in [0, 0.1) is 0 Å². The Kier molecular flexibility index (Phi) is 4.51. The molecule has 0 saturated heterocycles. The van der Waals surface area contributed by atoms with Gasteiger partial charge in [-0.05, 0) is 35.7 Å². The lowest BCUT2D eigenvalue weighted by Gasteiger charge is -2.29. The second-order valence-electron chi connectivity index (χ2n) is 5.43. The Morgan fingerprint density at radius 1 is 1.14 bits per heavy atom. The molecule has 0 aliphatic carbocycles. The Bertz CT molecular complexity index is 596. The molecule has 0 saturated carbocycles. The second kappa shape index (κ2) is 6.54. The van der Waals surface area contributed by atoms with Crippen molar-refractivity contribution in [1.82, 2.24) is 5.32 Å². The molecule has 2 nitrogen and oxygen atoms in total. The van der Waals surface area contributed by atoms with E-state index in [-0.39, 0.29) is 0 Å². The molecule has 0 bridgehead atoms. The number of benzene rings is 2. The Balaban J connectivity index is 1.74. The van der Waals surface area contributed by atoms with Crippen molar-refractivity contribution in [3.63, 3.8) is 0 Å². The molecule has 0 fully saturated rings. The van der Waals surface area contributed by atoms with Crippen LogP contribution < -0.4 is 10.1 Å². The van der Waals surface area contributed by atoms with E-state index in [1.165, 1.54) is 16.7 Å². The summed E-state index contributed by atoms with van der Waals surface area (Å²) >= 11 is 2.01. The average Bonchev–Trinajstić information content (AvgIpc) is 2.55. The minimum atomic E-state index is 0.327. The van der Waals surface area contributed by atoms with Crippen molar-refractivity contribution in [1.29, 1.82) is 0 Å². The number of rotatable bonds is 4. The van der Waals surface area contributed by atoms with Crippen molar-refractivity contribution in [2.75, 3.05) is 12.9 Å². The molecule has 1 heterocycles. The molecule has 0 spiro atoms. The van der Waals surface area contributed by atoms with Gasteiger partial charge >= 0.3 is 0 Å². The van der Waals surface area contributed by atoms with E-state index in [0.29, 0.717) is 12.1 Å².